The number of carbonyl (C=O) groups is 1. The highest BCUT2D eigenvalue weighted by Crippen LogP contribution is 2.12. The van der Waals surface area contributed by atoms with Crippen LogP contribution in [0.1, 0.15) is 15.9 Å². The molecular formula is C14H13ClN2O2. The third-order valence-electron chi connectivity index (χ3n) is 2.66. The molecule has 0 saturated carbocycles. The summed E-state index contributed by atoms with van der Waals surface area (Å²) < 4.78 is 0. The summed E-state index contributed by atoms with van der Waals surface area (Å²) in [4.78, 5) is 15.0. The average molecular weight is 277 g/mol. The van der Waals surface area contributed by atoms with Crippen LogP contribution in [0, 0.1) is 0 Å². The number of aromatic nitrogens is 1. The summed E-state index contributed by atoms with van der Waals surface area (Å²) >= 11 is 5.81. The van der Waals surface area contributed by atoms with E-state index in [0.29, 0.717) is 17.4 Å². The lowest BCUT2D eigenvalue weighted by atomic mass is 10.1. The number of carboxylic acid groups (broad SMARTS) is 1. The van der Waals surface area contributed by atoms with E-state index in [1.54, 1.807) is 12.3 Å². The van der Waals surface area contributed by atoms with Gasteiger partial charge in [0.2, 0.25) is 0 Å². The maximum Gasteiger partial charge on any atom is 0.339 e. The van der Waals surface area contributed by atoms with E-state index in [0.717, 1.165) is 12.0 Å². The SMILES string of the molecule is O=C(O)c1cccnc1NCCc1ccc(Cl)cc1. The zero-order chi connectivity index (χ0) is 13.7. The summed E-state index contributed by atoms with van der Waals surface area (Å²) in [6, 6.07) is 10.7. The Bertz CT molecular complexity index is 570. The molecule has 19 heavy (non-hydrogen) atoms. The third-order valence-corrected chi connectivity index (χ3v) is 2.91. The van der Waals surface area contributed by atoms with Crippen molar-refractivity contribution in [3.63, 3.8) is 0 Å². The monoisotopic (exact) mass is 276 g/mol. The number of pyridine rings is 1. The first kappa shape index (κ1) is 13.4. The second-order valence-corrected chi connectivity index (χ2v) is 4.44. The van der Waals surface area contributed by atoms with E-state index in [2.05, 4.69) is 10.3 Å². The highest BCUT2D eigenvalue weighted by Gasteiger charge is 2.09. The predicted octanol–water partition coefficient (Wildman–Crippen LogP) is 3.09. The number of halogens is 1. The van der Waals surface area contributed by atoms with E-state index < -0.39 is 5.97 Å². The van der Waals surface area contributed by atoms with Gasteiger partial charge in [-0.05, 0) is 36.2 Å². The van der Waals surface area contributed by atoms with Crippen molar-refractivity contribution in [3.8, 4) is 0 Å². The van der Waals surface area contributed by atoms with Crippen molar-refractivity contribution in [1.29, 1.82) is 0 Å². The highest BCUT2D eigenvalue weighted by molar-refractivity contribution is 6.30. The van der Waals surface area contributed by atoms with E-state index >= 15 is 0 Å². The minimum atomic E-state index is -0.984. The number of aromatic carboxylic acids is 1. The van der Waals surface area contributed by atoms with Crippen LogP contribution in [0.15, 0.2) is 42.6 Å². The molecule has 0 bridgehead atoms. The Morgan fingerprint density at radius 3 is 2.68 bits per heavy atom. The van der Waals surface area contributed by atoms with Crippen molar-refractivity contribution in [2.45, 2.75) is 6.42 Å². The number of anilines is 1. The molecule has 1 heterocycles. The predicted molar refractivity (Wildman–Crippen MR) is 74.8 cm³/mol. The Hall–Kier alpha value is -2.07. The highest BCUT2D eigenvalue weighted by atomic mass is 35.5. The molecule has 0 atom stereocenters. The van der Waals surface area contributed by atoms with Gasteiger partial charge in [-0.15, -0.1) is 0 Å². The van der Waals surface area contributed by atoms with Gasteiger partial charge in [-0.3, -0.25) is 0 Å². The molecule has 0 spiro atoms. The molecule has 98 valence electrons. The van der Waals surface area contributed by atoms with Crippen LogP contribution in [0.5, 0.6) is 0 Å². The molecule has 0 amide bonds. The Labute approximate surface area is 116 Å². The largest absolute Gasteiger partial charge is 0.478 e. The van der Waals surface area contributed by atoms with E-state index in [1.807, 2.05) is 24.3 Å². The normalized spacial score (nSPS) is 10.2. The fraction of sp³-hybridized carbons (Fsp3) is 0.143. The molecule has 0 radical (unpaired) electrons. The lowest BCUT2D eigenvalue weighted by Gasteiger charge is -2.08. The Balaban J connectivity index is 1.96. The number of nitrogens with one attached hydrogen (secondary N) is 1. The lowest BCUT2D eigenvalue weighted by Crippen LogP contribution is -2.10. The van der Waals surface area contributed by atoms with E-state index in [-0.39, 0.29) is 5.56 Å². The van der Waals surface area contributed by atoms with Crippen LogP contribution in [0.3, 0.4) is 0 Å². The van der Waals surface area contributed by atoms with E-state index in [1.165, 1.54) is 6.07 Å². The quantitative estimate of drug-likeness (QED) is 0.881. The van der Waals surface area contributed by atoms with Gasteiger partial charge in [-0.1, -0.05) is 23.7 Å². The maximum absolute atomic E-state index is 11.0. The minimum Gasteiger partial charge on any atom is -0.478 e. The molecule has 5 heteroatoms. The molecule has 2 N–H and O–H groups in total. The van der Waals surface area contributed by atoms with Gasteiger partial charge in [-0.25, -0.2) is 9.78 Å². The van der Waals surface area contributed by atoms with Gasteiger partial charge in [-0.2, -0.15) is 0 Å². The minimum absolute atomic E-state index is 0.179. The van der Waals surface area contributed by atoms with Crippen LogP contribution in [-0.2, 0) is 6.42 Å². The molecule has 0 unspecified atom stereocenters. The van der Waals surface area contributed by atoms with Gasteiger partial charge < -0.3 is 10.4 Å². The number of hydrogen-bond acceptors (Lipinski definition) is 3. The molecule has 0 aliphatic rings. The number of nitrogens with zero attached hydrogens (tertiary/aromatic N) is 1. The number of benzene rings is 1. The molecule has 0 fully saturated rings. The molecule has 0 aliphatic heterocycles. The average Bonchev–Trinajstić information content (AvgIpc) is 2.41. The molecule has 1 aromatic carbocycles. The Morgan fingerprint density at radius 2 is 2.00 bits per heavy atom. The third kappa shape index (κ3) is 3.69. The molecule has 1 aromatic heterocycles. The topological polar surface area (TPSA) is 62.2 Å². The summed E-state index contributed by atoms with van der Waals surface area (Å²) in [5.74, 6) is -0.592. The first-order chi connectivity index (χ1) is 9.16. The second-order valence-electron chi connectivity index (χ2n) is 4.01. The second kappa shape index (κ2) is 6.20. The summed E-state index contributed by atoms with van der Waals surface area (Å²) in [7, 11) is 0. The molecular weight excluding hydrogens is 264 g/mol. The van der Waals surface area contributed by atoms with Gasteiger partial charge in [0.25, 0.3) is 0 Å². The number of rotatable bonds is 5. The van der Waals surface area contributed by atoms with Crippen LogP contribution in [0.2, 0.25) is 5.02 Å². The van der Waals surface area contributed by atoms with Crippen molar-refractivity contribution >= 4 is 23.4 Å². The molecule has 2 aromatic rings. The van der Waals surface area contributed by atoms with Crippen molar-refractivity contribution in [1.82, 2.24) is 4.98 Å². The molecule has 4 nitrogen and oxygen atoms in total. The van der Waals surface area contributed by atoms with Crippen molar-refractivity contribution in [3.05, 3.63) is 58.7 Å². The van der Waals surface area contributed by atoms with Gasteiger partial charge >= 0.3 is 5.97 Å². The summed E-state index contributed by atoms with van der Waals surface area (Å²) in [5, 5.41) is 12.8. The van der Waals surface area contributed by atoms with Gasteiger partial charge in [0, 0.05) is 17.8 Å². The molecule has 0 saturated heterocycles. The smallest absolute Gasteiger partial charge is 0.339 e. The maximum atomic E-state index is 11.0. The standard InChI is InChI=1S/C14H13ClN2O2/c15-11-5-3-10(4-6-11)7-9-17-13-12(14(18)19)2-1-8-16-13/h1-6,8H,7,9H2,(H,16,17)(H,18,19). The lowest BCUT2D eigenvalue weighted by molar-refractivity contribution is 0.0697. The molecule has 2 rings (SSSR count). The van der Waals surface area contributed by atoms with Crippen molar-refractivity contribution < 1.29 is 9.90 Å². The van der Waals surface area contributed by atoms with Crippen LogP contribution >= 0.6 is 11.6 Å². The first-order valence-electron chi connectivity index (χ1n) is 5.83. The van der Waals surface area contributed by atoms with Crippen molar-refractivity contribution in [2.75, 3.05) is 11.9 Å². The summed E-state index contributed by atoms with van der Waals surface area (Å²) in [5.41, 5.74) is 1.31. The van der Waals surface area contributed by atoms with Crippen LogP contribution in [-0.4, -0.2) is 22.6 Å². The fourth-order valence-electron chi connectivity index (χ4n) is 1.70. The van der Waals surface area contributed by atoms with Gasteiger partial charge in [0.05, 0.1) is 0 Å². The Morgan fingerprint density at radius 1 is 1.26 bits per heavy atom. The van der Waals surface area contributed by atoms with Crippen LogP contribution < -0.4 is 5.32 Å². The van der Waals surface area contributed by atoms with Gasteiger partial charge in [0.1, 0.15) is 11.4 Å². The van der Waals surface area contributed by atoms with E-state index in [9.17, 15) is 4.79 Å². The van der Waals surface area contributed by atoms with Crippen molar-refractivity contribution in [2.24, 2.45) is 0 Å². The zero-order valence-electron chi connectivity index (χ0n) is 10.1. The molecule has 0 aliphatic carbocycles. The summed E-state index contributed by atoms with van der Waals surface area (Å²) in [6.45, 7) is 0.610. The number of carboxylic acids is 1. The zero-order valence-corrected chi connectivity index (χ0v) is 10.9. The van der Waals surface area contributed by atoms with E-state index in [4.69, 9.17) is 16.7 Å². The first-order valence-corrected chi connectivity index (χ1v) is 6.21. The Kier molecular flexibility index (Phi) is 4.36. The number of hydrogen-bond donors (Lipinski definition) is 2. The fourth-order valence-corrected chi connectivity index (χ4v) is 1.82. The van der Waals surface area contributed by atoms with Crippen LogP contribution in [0.25, 0.3) is 0 Å². The summed E-state index contributed by atoms with van der Waals surface area (Å²) in [6.07, 6.45) is 2.34. The van der Waals surface area contributed by atoms with Crippen LogP contribution in [0.4, 0.5) is 5.82 Å². The van der Waals surface area contributed by atoms with Gasteiger partial charge in [0.15, 0.2) is 0 Å².